The Balaban J connectivity index is 2.09. The van der Waals surface area contributed by atoms with E-state index in [0.29, 0.717) is 6.61 Å². The van der Waals surface area contributed by atoms with Gasteiger partial charge in [0, 0.05) is 11.6 Å². The van der Waals surface area contributed by atoms with Crippen molar-refractivity contribution in [2.24, 2.45) is 5.73 Å². The van der Waals surface area contributed by atoms with E-state index < -0.39 is 0 Å². The molecule has 0 fully saturated rings. The summed E-state index contributed by atoms with van der Waals surface area (Å²) in [7, 11) is 0. The third kappa shape index (κ3) is 2.33. The number of halogens is 1. The number of hydrogen-bond donors (Lipinski definition) is 1. The van der Waals surface area contributed by atoms with Gasteiger partial charge >= 0.3 is 0 Å². The molecule has 0 unspecified atom stereocenters. The number of nitrogens with two attached hydrogens (primary N) is 1. The molecule has 15 heavy (non-hydrogen) atoms. The van der Waals surface area contributed by atoms with E-state index in [1.54, 1.807) is 6.08 Å². The van der Waals surface area contributed by atoms with Crippen LogP contribution in [0.15, 0.2) is 29.8 Å². The largest absolute Gasteiger partial charge is 0.489 e. The Hall–Kier alpha value is -0.990. The van der Waals surface area contributed by atoms with Crippen LogP contribution in [0.1, 0.15) is 23.6 Å². The van der Waals surface area contributed by atoms with Crippen LogP contribution in [-0.2, 0) is 6.42 Å². The highest BCUT2D eigenvalue weighted by molar-refractivity contribution is 6.25. The van der Waals surface area contributed by atoms with Crippen LogP contribution in [0.25, 0.3) is 0 Å². The normalized spacial score (nSPS) is 19.5. The Bertz CT molecular complexity index is 376. The molecule has 1 aliphatic carbocycles. The molecule has 1 aliphatic rings. The van der Waals surface area contributed by atoms with Gasteiger partial charge in [0.2, 0.25) is 0 Å². The lowest BCUT2D eigenvalue weighted by atomic mass is 10.1. The van der Waals surface area contributed by atoms with E-state index in [1.165, 1.54) is 16.7 Å². The minimum absolute atomic E-state index is 0.205. The third-order valence-electron chi connectivity index (χ3n) is 2.67. The highest BCUT2D eigenvalue weighted by Gasteiger charge is 2.18. The minimum Gasteiger partial charge on any atom is -0.489 e. The molecule has 1 aromatic carbocycles. The van der Waals surface area contributed by atoms with Crippen LogP contribution in [-0.4, -0.2) is 6.61 Å². The van der Waals surface area contributed by atoms with Crippen molar-refractivity contribution in [1.82, 2.24) is 0 Å². The van der Waals surface area contributed by atoms with Gasteiger partial charge in [-0.2, -0.15) is 0 Å². The first-order chi connectivity index (χ1) is 7.31. The number of fused-ring (bicyclic) bond motifs is 1. The van der Waals surface area contributed by atoms with E-state index in [2.05, 4.69) is 12.1 Å². The summed E-state index contributed by atoms with van der Waals surface area (Å²) in [5.41, 5.74) is 9.98. The van der Waals surface area contributed by atoms with Crippen molar-refractivity contribution >= 4 is 11.6 Å². The fourth-order valence-corrected chi connectivity index (χ4v) is 1.97. The maximum absolute atomic E-state index is 5.95. The van der Waals surface area contributed by atoms with Gasteiger partial charge < -0.3 is 10.5 Å². The molecule has 80 valence electrons. The summed E-state index contributed by atoms with van der Waals surface area (Å²) < 4.78 is 5.49. The summed E-state index contributed by atoms with van der Waals surface area (Å²) in [6, 6.07) is 6.31. The van der Waals surface area contributed by atoms with E-state index in [9.17, 15) is 0 Å². The van der Waals surface area contributed by atoms with Crippen LogP contribution in [0.3, 0.4) is 0 Å². The van der Waals surface area contributed by atoms with Crippen molar-refractivity contribution in [3.05, 3.63) is 40.9 Å². The predicted octanol–water partition coefficient (Wildman–Crippen LogP) is 2.76. The molecule has 0 radical (unpaired) electrons. The number of ether oxygens (including phenoxy) is 1. The van der Waals surface area contributed by atoms with Gasteiger partial charge in [-0.05, 0) is 42.2 Å². The maximum Gasteiger partial charge on any atom is 0.120 e. The average molecular weight is 224 g/mol. The highest BCUT2D eigenvalue weighted by Crippen LogP contribution is 2.31. The zero-order valence-electron chi connectivity index (χ0n) is 8.45. The molecule has 2 rings (SSSR count). The second-order valence-electron chi connectivity index (χ2n) is 3.68. The minimum atomic E-state index is 0.205. The van der Waals surface area contributed by atoms with Crippen LogP contribution in [0.4, 0.5) is 0 Å². The molecule has 1 aromatic rings. The lowest BCUT2D eigenvalue weighted by molar-refractivity contribution is 0.362. The third-order valence-corrected chi connectivity index (χ3v) is 2.85. The molecule has 2 N–H and O–H groups in total. The van der Waals surface area contributed by atoms with Gasteiger partial charge in [-0.3, -0.25) is 0 Å². The van der Waals surface area contributed by atoms with Crippen molar-refractivity contribution in [3.63, 3.8) is 0 Å². The topological polar surface area (TPSA) is 35.2 Å². The van der Waals surface area contributed by atoms with Gasteiger partial charge in [0.05, 0.1) is 0 Å². The van der Waals surface area contributed by atoms with Gasteiger partial charge in [0.25, 0.3) is 0 Å². The zero-order chi connectivity index (χ0) is 10.7. The lowest BCUT2D eigenvalue weighted by Crippen LogP contribution is -2.05. The van der Waals surface area contributed by atoms with Gasteiger partial charge in [0.15, 0.2) is 0 Å². The van der Waals surface area contributed by atoms with Crippen LogP contribution in [0.2, 0.25) is 0 Å². The second kappa shape index (κ2) is 4.69. The van der Waals surface area contributed by atoms with Gasteiger partial charge in [-0.15, -0.1) is 0 Å². The number of hydrogen-bond acceptors (Lipinski definition) is 2. The van der Waals surface area contributed by atoms with Gasteiger partial charge in [0.1, 0.15) is 12.4 Å². The monoisotopic (exact) mass is 223 g/mol. The summed E-state index contributed by atoms with van der Waals surface area (Å²) in [6.45, 7) is 0.508. The molecule has 2 nitrogen and oxygen atoms in total. The van der Waals surface area contributed by atoms with Gasteiger partial charge in [-0.25, -0.2) is 0 Å². The summed E-state index contributed by atoms with van der Waals surface area (Å²) in [5, 5.41) is 0. The maximum atomic E-state index is 5.95. The Kier molecular flexibility index (Phi) is 3.29. The summed E-state index contributed by atoms with van der Waals surface area (Å²) >= 11 is 5.40. The molecule has 0 heterocycles. The molecule has 0 bridgehead atoms. The van der Waals surface area contributed by atoms with Crippen LogP contribution >= 0.6 is 11.6 Å². The molecular formula is C12H14ClNO. The standard InChI is InChI=1S/C12H14ClNO/c13-6-1-7-15-10-3-4-11-9(8-10)2-5-12(11)14/h1,3-4,6,8,12H,2,5,7,14H2/b6-1+/t12-/m1/s1. The Labute approximate surface area is 94.7 Å². The van der Waals surface area contributed by atoms with E-state index in [0.717, 1.165) is 18.6 Å². The summed E-state index contributed by atoms with van der Waals surface area (Å²) in [6.07, 6.45) is 3.86. The van der Waals surface area contributed by atoms with Crippen molar-refractivity contribution in [2.75, 3.05) is 6.61 Å². The molecule has 0 saturated carbocycles. The summed E-state index contributed by atoms with van der Waals surface area (Å²) in [4.78, 5) is 0. The second-order valence-corrected chi connectivity index (χ2v) is 3.93. The molecule has 1 atom stereocenters. The summed E-state index contributed by atoms with van der Waals surface area (Å²) in [5.74, 6) is 0.887. The van der Waals surface area contributed by atoms with E-state index in [4.69, 9.17) is 22.1 Å². The van der Waals surface area contributed by atoms with E-state index in [-0.39, 0.29) is 6.04 Å². The molecule has 0 amide bonds. The van der Waals surface area contributed by atoms with Gasteiger partial charge in [-0.1, -0.05) is 17.7 Å². The molecular weight excluding hydrogens is 210 g/mol. The predicted molar refractivity (Wildman–Crippen MR) is 62.2 cm³/mol. The number of benzene rings is 1. The molecule has 0 spiro atoms. The van der Waals surface area contributed by atoms with Crippen molar-refractivity contribution in [2.45, 2.75) is 18.9 Å². The molecule has 3 heteroatoms. The molecule has 0 aromatic heterocycles. The average Bonchev–Trinajstić information content (AvgIpc) is 2.61. The first-order valence-electron chi connectivity index (χ1n) is 5.07. The zero-order valence-corrected chi connectivity index (χ0v) is 9.20. The fraction of sp³-hybridized carbons (Fsp3) is 0.333. The van der Waals surface area contributed by atoms with Crippen molar-refractivity contribution in [3.8, 4) is 5.75 Å². The van der Waals surface area contributed by atoms with Crippen LogP contribution in [0, 0.1) is 0 Å². The number of aryl methyl sites for hydroxylation is 1. The Morgan fingerprint density at radius 1 is 1.53 bits per heavy atom. The smallest absolute Gasteiger partial charge is 0.120 e. The van der Waals surface area contributed by atoms with E-state index in [1.807, 2.05) is 6.07 Å². The first kappa shape index (κ1) is 10.5. The number of rotatable bonds is 3. The SMILES string of the molecule is N[C@@H]1CCc2cc(OC/C=C/Cl)ccc21. The van der Waals surface area contributed by atoms with Crippen molar-refractivity contribution < 1.29 is 4.74 Å². The Morgan fingerprint density at radius 3 is 3.20 bits per heavy atom. The van der Waals surface area contributed by atoms with Crippen molar-refractivity contribution in [1.29, 1.82) is 0 Å². The van der Waals surface area contributed by atoms with Crippen LogP contribution < -0.4 is 10.5 Å². The fourth-order valence-electron chi connectivity index (χ4n) is 1.90. The highest BCUT2D eigenvalue weighted by atomic mass is 35.5. The first-order valence-corrected chi connectivity index (χ1v) is 5.51. The quantitative estimate of drug-likeness (QED) is 0.855. The van der Waals surface area contributed by atoms with Crippen LogP contribution in [0.5, 0.6) is 5.75 Å². The molecule has 0 aliphatic heterocycles. The Morgan fingerprint density at radius 2 is 2.40 bits per heavy atom. The molecule has 0 saturated heterocycles. The lowest BCUT2D eigenvalue weighted by Gasteiger charge is -2.07. The van der Waals surface area contributed by atoms with E-state index >= 15 is 0 Å².